The third-order valence-corrected chi connectivity index (χ3v) is 3.84. The van der Waals surface area contributed by atoms with Crippen LogP contribution < -0.4 is 4.90 Å². The van der Waals surface area contributed by atoms with Crippen molar-refractivity contribution in [1.82, 2.24) is 4.98 Å². The van der Waals surface area contributed by atoms with Crippen LogP contribution in [0.5, 0.6) is 0 Å². The van der Waals surface area contributed by atoms with Gasteiger partial charge in [0.1, 0.15) is 0 Å². The number of para-hydroxylation sites is 1. The van der Waals surface area contributed by atoms with Gasteiger partial charge < -0.3 is 4.90 Å². The number of hydrogen-bond acceptors (Lipinski definition) is 2. The van der Waals surface area contributed by atoms with Gasteiger partial charge in [-0.3, -0.25) is 4.98 Å². The van der Waals surface area contributed by atoms with E-state index in [-0.39, 0.29) is 0 Å². The van der Waals surface area contributed by atoms with Gasteiger partial charge in [0, 0.05) is 30.4 Å². The summed E-state index contributed by atoms with van der Waals surface area (Å²) < 4.78 is 0. The van der Waals surface area contributed by atoms with Gasteiger partial charge in [0.2, 0.25) is 0 Å². The first kappa shape index (κ1) is 12.2. The first-order chi connectivity index (χ1) is 10.4. The summed E-state index contributed by atoms with van der Waals surface area (Å²) in [5, 5.41) is 1.19. The largest absolute Gasteiger partial charge is 0.368 e. The molecule has 0 aliphatic carbocycles. The lowest BCUT2D eigenvalue weighted by Crippen LogP contribution is -1.89. The second kappa shape index (κ2) is 5.06. The van der Waals surface area contributed by atoms with E-state index in [2.05, 4.69) is 64.5 Å². The number of benzene rings is 2. The molecule has 0 atom stereocenters. The molecule has 0 unspecified atom stereocenters. The maximum Gasteiger partial charge on any atom is 0.0707 e. The van der Waals surface area contributed by atoms with Crippen LogP contribution in [0.1, 0.15) is 11.1 Å². The van der Waals surface area contributed by atoms with Crippen molar-refractivity contribution >= 4 is 28.7 Å². The van der Waals surface area contributed by atoms with Gasteiger partial charge in [0.15, 0.2) is 0 Å². The van der Waals surface area contributed by atoms with Crippen molar-refractivity contribution in [2.45, 2.75) is 0 Å². The summed E-state index contributed by atoms with van der Waals surface area (Å²) in [4.78, 5) is 6.75. The Morgan fingerprint density at radius 1 is 0.857 bits per heavy atom. The number of nitrogens with zero attached hydrogens (tertiary/aromatic N) is 2. The Labute approximate surface area is 124 Å². The number of rotatable bonds is 3. The van der Waals surface area contributed by atoms with Crippen molar-refractivity contribution in [3.05, 3.63) is 71.9 Å². The minimum absolute atomic E-state index is 1.04. The Balaban J connectivity index is 1.64. The second-order valence-electron chi connectivity index (χ2n) is 5.33. The number of aromatic nitrogens is 1. The van der Waals surface area contributed by atoms with Gasteiger partial charge >= 0.3 is 0 Å². The van der Waals surface area contributed by atoms with Crippen molar-refractivity contribution in [2.24, 2.45) is 0 Å². The van der Waals surface area contributed by atoms with E-state index in [0.29, 0.717) is 0 Å². The van der Waals surface area contributed by atoms with Crippen LogP contribution in [0.2, 0.25) is 0 Å². The third-order valence-electron chi connectivity index (χ3n) is 3.84. The van der Waals surface area contributed by atoms with E-state index < -0.39 is 0 Å². The van der Waals surface area contributed by atoms with E-state index in [1.165, 1.54) is 35.3 Å². The van der Waals surface area contributed by atoms with Crippen molar-refractivity contribution in [2.75, 3.05) is 18.0 Å². The molecular formula is C19H16N2. The molecule has 2 nitrogen and oxygen atoms in total. The van der Waals surface area contributed by atoms with Crippen LogP contribution in [-0.2, 0) is 0 Å². The molecule has 0 saturated carbocycles. The van der Waals surface area contributed by atoms with Crippen LogP contribution in [0.25, 0.3) is 23.1 Å². The highest BCUT2D eigenvalue weighted by Crippen LogP contribution is 2.22. The fourth-order valence-electron chi connectivity index (χ4n) is 2.55. The van der Waals surface area contributed by atoms with Gasteiger partial charge in [-0.15, -0.1) is 0 Å². The van der Waals surface area contributed by atoms with Gasteiger partial charge in [0.25, 0.3) is 0 Å². The van der Waals surface area contributed by atoms with E-state index in [9.17, 15) is 0 Å². The average molecular weight is 272 g/mol. The second-order valence-corrected chi connectivity index (χ2v) is 5.33. The molecule has 1 aromatic heterocycles. The maximum atomic E-state index is 4.40. The molecule has 3 aromatic rings. The molecule has 0 amide bonds. The minimum atomic E-state index is 1.04. The highest BCUT2D eigenvalue weighted by molar-refractivity contribution is 5.90. The topological polar surface area (TPSA) is 15.9 Å². The average Bonchev–Trinajstić information content (AvgIpc) is 3.38. The minimum Gasteiger partial charge on any atom is -0.368 e. The summed E-state index contributed by atoms with van der Waals surface area (Å²) in [5.74, 6) is 0. The first-order valence-corrected chi connectivity index (χ1v) is 7.27. The summed E-state index contributed by atoms with van der Waals surface area (Å²) >= 11 is 0. The zero-order valence-corrected chi connectivity index (χ0v) is 11.7. The molecule has 0 spiro atoms. The predicted octanol–water partition coefficient (Wildman–Crippen LogP) is 4.23. The van der Waals surface area contributed by atoms with Crippen LogP contribution in [0.4, 0.5) is 5.69 Å². The summed E-state index contributed by atoms with van der Waals surface area (Å²) in [7, 11) is 0. The van der Waals surface area contributed by atoms with E-state index in [4.69, 9.17) is 0 Å². The molecule has 2 aromatic carbocycles. The van der Waals surface area contributed by atoms with Gasteiger partial charge in [-0.1, -0.05) is 42.5 Å². The molecule has 2 heterocycles. The molecule has 0 N–H and O–H groups in total. The molecular weight excluding hydrogens is 256 g/mol. The van der Waals surface area contributed by atoms with Gasteiger partial charge in [0.05, 0.1) is 5.52 Å². The van der Waals surface area contributed by atoms with Crippen LogP contribution in [0.3, 0.4) is 0 Å². The van der Waals surface area contributed by atoms with Crippen LogP contribution in [0, 0.1) is 0 Å². The molecule has 2 heteroatoms. The van der Waals surface area contributed by atoms with Gasteiger partial charge in [-0.2, -0.15) is 0 Å². The molecule has 1 aliphatic heterocycles. The first-order valence-electron chi connectivity index (χ1n) is 7.27. The van der Waals surface area contributed by atoms with Crippen molar-refractivity contribution < 1.29 is 0 Å². The van der Waals surface area contributed by atoms with Crippen LogP contribution in [0.15, 0.2) is 60.8 Å². The van der Waals surface area contributed by atoms with Crippen LogP contribution >= 0.6 is 0 Å². The summed E-state index contributed by atoms with van der Waals surface area (Å²) in [6.45, 7) is 2.39. The van der Waals surface area contributed by atoms with E-state index in [1.54, 1.807) is 0 Å². The van der Waals surface area contributed by atoms with Crippen molar-refractivity contribution in [1.29, 1.82) is 0 Å². The number of pyridine rings is 1. The Hall–Kier alpha value is -2.61. The van der Waals surface area contributed by atoms with E-state index in [1.807, 2.05) is 18.3 Å². The number of fused-ring (bicyclic) bond motifs is 1. The highest BCUT2D eigenvalue weighted by atomic mass is 15.3. The molecule has 21 heavy (non-hydrogen) atoms. The molecule has 1 fully saturated rings. The SMILES string of the molecule is C(=Cc1ccnc2ccccc12)c1ccc(N2CC2)cc1. The van der Waals surface area contributed by atoms with Gasteiger partial charge in [-0.25, -0.2) is 0 Å². The highest BCUT2D eigenvalue weighted by Gasteiger charge is 2.16. The monoisotopic (exact) mass is 272 g/mol. The quantitative estimate of drug-likeness (QED) is 0.663. The van der Waals surface area contributed by atoms with Crippen molar-refractivity contribution in [3.8, 4) is 0 Å². The van der Waals surface area contributed by atoms with Crippen molar-refractivity contribution in [3.63, 3.8) is 0 Å². The summed E-state index contributed by atoms with van der Waals surface area (Å²) in [6, 6.07) is 19.0. The molecule has 1 saturated heterocycles. The smallest absolute Gasteiger partial charge is 0.0707 e. The Morgan fingerprint density at radius 3 is 2.48 bits per heavy atom. The Kier molecular flexibility index (Phi) is 2.93. The fraction of sp³-hybridized carbons (Fsp3) is 0.105. The zero-order chi connectivity index (χ0) is 14.1. The zero-order valence-electron chi connectivity index (χ0n) is 11.7. The standard InChI is InChI=1S/C19H16N2/c1-2-4-19-18(3-1)16(11-12-20-19)8-5-15-6-9-17(10-7-15)21-13-14-21/h1-12H,13-14H2. The predicted molar refractivity (Wildman–Crippen MR) is 89.3 cm³/mol. The fourth-order valence-corrected chi connectivity index (χ4v) is 2.55. The Morgan fingerprint density at radius 2 is 1.67 bits per heavy atom. The van der Waals surface area contributed by atoms with E-state index >= 15 is 0 Å². The maximum absolute atomic E-state index is 4.40. The molecule has 0 bridgehead atoms. The van der Waals surface area contributed by atoms with Gasteiger partial charge in [-0.05, 0) is 35.4 Å². The summed E-state index contributed by atoms with van der Waals surface area (Å²) in [6.07, 6.45) is 6.19. The Bertz CT molecular complexity index is 794. The lowest BCUT2D eigenvalue weighted by atomic mass is 10.1. The summed E-state index contributed by atoms with van der Waals surface area (Å²) in [5.41, 5.74) is 4.79. The molecule has 1 aliphatic rings. The lowest BCUT2D eigenvalue weighted by molar-refractivity contribution is 1.39. The van der Waals surface area contributed by atoms with Crippen LogP contribution in [-0.4, -0.2) is 18.1 Å². The molecule has 4 rings (SSSR count). The number of hydrogen-bond donors (Lipinski definition) is 0. The molecule has 102 valence electrons. The molecule has 0 radical (unpaired) electrons. The normalized spacial score (nSPS) is 14.0. The van der Waals surface area contributed by atoms with E-state index in [0.717, 1.165) is 5.52 Å². The third kappa shape index (κ3) is 2.52. The lowest BCUT2D eigenvalue weighted by Gasteiger charge is -2.03. The number of anilines is 1.